The number of nitrogens with two attached hydrogens (primary N) is 1. The minimum Gasteiger partial charge on any atom is -0.445 e. The number of carbonyl (C=O) groups excluding carboxylic acids is 3. The van der Waals surface area contributed by atoms with Crippen molar-refractivity contribution in [3.8, 4) is 0 Å². The summed E-state index contributed by atoms with van der Waals surface area (Å²) in [7, 11) is 0. The Morgan fingerprint density at radius 3 is 2.39 bits per heavy atom. The Kier molecular flexibility index (Phi) is 7.95. The molecule has 148 valence electrons. The lowest BCUT2D eigenvalue weighted by Crippen LogP contribution is -2.47. The number of ether oxygens (including phenoxy) is 1. The number of primary amides is 1. The molecule has 1 atom stereocenters. The van der Waals surface area contributed by atoms with Gasteiger partial charge < -0.3 is 21.1 Å². The molecule has 2 aromatic rings. The molecule has 8 heteroatoms. The lowest BCUT2D eigenvalue weighted by Gasteiger charge is -2.18. The number of alkyl carbamates (subject to hydrolysis) is 1. The van der Waals surface area contributed by atoms with Crippen molar-refractivity contribution < 1.29 is 23.5 Å². The van der Waals surface area contributed by atoms with Crippen molar-refractivity contribution in [1.29, 1.82) is 0 Å². The van der Waals surface area contributed by atoms with Crippen LogP contribution in [0.5, 0.6) is 0 Å². The summed E-state index contributed by atoms with van der Waals surface area (Å²) in [6, 6.07) is 14.0. The summed E-state index contributed by atoms with van der Waals surface area (Å²) in [5.41, 5.74) is 6.22. The number of rotatable bonds is 9. The fraction of sp³-hybridized carbons (Fsp3) is 0.250. The Hall–Kier alpha value is -3.42. The van der Waals surface area contributed by atoms with Gasteiger partial charge in [0.15, 0.2) is 0 Å². The summed E-state index contributed by atoms with van der Waals surface area (Å²) in [5.74, 6) is -1.63. The molecule has 0 aromatic heterocycles. The minimum atomic E-state index is -1.04. The van der Waals surface area contributed by atoms with Crippen LogP contribution in [-0.4, -0.2) is 23.9 Å². The highest BCUT2D eigenvalue weighted by molar-refractivity contribution is 5.86. The molecule has 28 heavy (non-hydrogen) atoms. The molecule has 0 heterocycles. The van der Waals surface area contributed by atoms with Gasteiger partial charge in [-0.1, -0.05) is 48.5 Å². The second-order valence-electron chi connectivity index (χ2n) is 6.07. The Morgan fingerprint density at radius 2 is 1.71 bits per heavy atom. The van der Waals surface area contributed by atoms with E-state index < -0.39 is 29.8 Å². The van der Waals surface area contributed by atoms with Crippen LogP contribution in [0.25, 0.3) is 0 Å². The van der Waals surface area contributed by atoms with Crippen molar-refractivity contribution in [3.05, 3.63) is 71.5 Å². The van der Waals surface area contributed by atoms with Crippen molar-refractivity contribution in [2.24, 2.45) is 5.73 Å². The highest BCUT2D eigenvalue weighted by Gasteiger charge is 2.22. The van der Waals surface area contributed by atoms with E-state index in [-0.39, 0.29) is 26.0 Å². The molecule has 0 aliphatic rings. The van der Waals surface area contributed by atoms with E-state index in [4.69, 9.17) is 10.5 Å². The lowest BCUT2D eigenvalue weighted by molar-refractivity contribution is -0.123. The van der Waals surface area contributed by atoms with Crippen LogP contribution in [0.4, 0.5) is 9.18 Å². The molecule has 0 aliphatic carbocycles. The second-order valence-corrected chi connectivity index (χ2v) is 6.07. The molecular weight excluding hydrogens is 365 g/mol. The van der Waals surface area contributed by atoms with Crippen molar-refractivity contribution >= 4 is 17.9 Å². The van der Waals surface area contributed by atoms with Crippen LogP contribution in [0.15, 0.2) is 54.6 Å². The largest absolute Gasteiger partial charge is 0.445 e. The van der Waals surface area contributed by atoms with E-state index in [2.05, 4.69) is 10.6 Å². The topological polar surface area (TPSA) is 111 Å². The smallest absolute Gasteiger partial charge is 0.408 e. The number of hydrogen-bond donors (Lipinski definition) is 3. The summed E-state index contributed by atoms with van der Waals surface area (Å²) >= 11 is 0. The fourth-order valence-electron chi connectivity index (χ4n) is 2.41. The minimum absolute atomic E-state index is 0.00112. The molecular formula is C20H22FN3O4. The van der Waals surface area contributed by atoms with Crippen LogP contribution in [0.1, 0.15) is 24.0 Å². The molecule has 0 fully saturated rings. The summed E-state index contributed by atoms with van der Waals surface area (Å²) in [6.07, 6.45) is -0.908. The zero-order valence-electron chi connectivity index (χ0n) is 15.2. The third-order valence-corrected chi connectivity index (χ3v) is 3.91. The summed E-state index contributed by atoms with van der Waals surface area (Å²) in [6.45, 7) is -0.0224. The van der Waals surface area contributed by atoms with E-state index in [0.29, 0.717) is 5.56 Å². The van der Waals surface area contributed by atoms with Crippen LogP contribution < -0.4 is 16.4 Å². The van der Waals surface area contributed by atoms with Gasteiger partial charge in [-0.2, -0.15) is 0 Å². The first-order valence-corrected chi connectivity index (χ1v) is 8.72. The van der Waals surface area contributed by atoms with Crippen molar-refractivity contribution in [1.82, 2.24) is 10.6 Å². The highest BCUT2D eigenvalue weighted by Crippen LogP contribution is 2.07. The summed E-state index contributed by atoms with van der Waals surface area (Å²) in [5, 5.41) is 4.96. The van der Waals surface area contributed by atoms with Crippen LogP contribution >= 0.6 is 0 Å². The predicted octanol–water partition coefficient (Wildman–Crippen LogP) is 2.00. The molecule has 0 saturated carbocycles. The van der Waals surface area contributed by atoms with Crippen molar-refractivity contribution in [3.63, 3.8) is 0 Å². The maximum atomic E-state index is 13.7. The average molecular weight is 387 g/mol. The Bertz CT molecular complexity index is 814. The van der Waals surface area contributed by atoms with E-state index in [1.54, 1.807) is 24.3 Å². The van der Waals surface area contributed by atoms with Crippen molar-refractivity contribution in [2.75, 3.05) is 0 Å². The van der Waals surface area contributed by atoms with Gasteiger partial charge in [-0.15, -0.1) is 0 Å². The average Bonchev–Trinajstić information content (AvgIpc) is 2.69. The van der Waals surface area contributed by atoms with E-state index in [1.807, 2.05) is 18.2 Å². The Labute approximate surface area is 162 Å². The van der Waals surface area contributed by atoms with Gasteiger partial charge in [-0.3, -0.25) is 9.59 Å². The van der Waals surface area contributed by atoms with Gasteiger partial charge in [0.05, 0.1) is 0 Å². The quantitative estimate of drug-likeness (QED) is 0.611. The van der Waals surface area contributed by atoms with E-state index in [1.165, 1.54) is 12.1 Å². The van der Waals surface area contributed by atoms with Gasteiger partial charge in [-0.25, -0.2) is 9.18 Å². The van der Waals surface area contributed by atoms with Gasteiger partial charge in [0.1, 0.15) is 18.5 Å². The van der Waals surface area contributed by atoms with Gasteiger partial charge in [0.2, 0.25) is 11.8 Å². The first-order valence-electron chi connectivity index (χ1n) is 8.72. The predicted molar refractivity (Wildman–Crippen MR) is 100 cm³/mol. The zero-order chi connectivity index (χ0) is 20.4. The van der Waals surface area contributed by atoms with Crippen molar-refractivity contribution in [2.45, 2.75) is 32.0 Å². The van der Waals surface area contributed by atoms with E-state index >= 15 is 0 Å². The number of hydrogen-bond acceptors (Lipinski definition) is 4. The van der Waals surface area contributed by atoms with Crippen LogP contribution in [0, 0.1) is 5.82 Å². The van der Waals surface area contributed by atoms with Crippen LogP contribution in [-0.2, 0) is 27.5 Å². The molecule has 0 bridgehead atoms. The monoisotopic (exact) mass is 387 g/mol. The standard InChI is InChI=1S/C20H22FN3O4/c21-16-9-5-4-8-15(16)12-23-19(26)17(10-11-18(22)25)24-20(27)28-13-14-6-2-1-3-7-14/h1-9,17H,10-13H2,(H2,22,25)(H,23,26)(H,24,27)/t17-/m1/s1. The van der Waals surface area contributed by atoms with Gasteiger partial charge in [0, 0.05) is 18.5 Å². The number of halogens is 1. The number of amides is 3. The van der Waals surface area contributed by atoms with Gasteiger partial charge in [0.25, 0.3) is 0 Å². The third-order valence-electron chi connectivity index (χ3n) is 3.91. The Balaban J connectivity index is 1.91. The lowest BCUT2D eigenvalue weighted by atomic mass is 10.1. The maximum Gasteiger partial charge on any atom is 0.408 e. The number of carbonyl (C=O) groups is 3. The Morgan fingerprint density at radius 1 is 1.04 bits per heavy atom. The second kappa shape index (κ2) is 10.7. The SMILES string of the molecule is NC(=O)CC[C@@H](NC(=O)OCc1ccccc1)C(=O)NCc1ccccc1F. The fourth-order valence-corrected chi connectivity index (χ4v) is 2.41. The van der Waals surface area contributed by atoms with Crippen LogP contribution in [0.2, 0.25) is 0 Å². The first kappa shape index (κ1) is 20.9. The zero-order valence-corrected chi connectivity index (χ0v) is 15.2. The summed E-state index contributed by atoms with van der Waals surface area (Å²) < 4.78 is 18.8. The molecule has 0 aliphatic heterocycles. The molecule has 7 nitrogen and oxygen atoms in total. The number of nitrogens with one attached hydrogen (secondary N) is 2. The summed E-state index contributed by atoms with van der Waals surface area (Å²) in [4.78, 5) is 35.5. The third kappa shape index (κ3) is 7.06. The molecule has 0 radical (unpaired) electrons. The molecule has 0 saturated heterocycles. The maximum absolute atomic E-state index is 13.7. The normalized spacial score (nSPS) is 11.3. The highest BCUT2D eigenvalue weighted by atomic mass is 19.1. The molecule has 3 amide bonds. The molecule has 4 N–H and O–H groups in total. The van der Waals surface area contributed by atoms with Gasteiger partial charge in [-0.05, 0) is 18.1 Å². The van der Waals surface area contributed by atoms with Gasteiger partial charge >= 0.3 is 6.09 Å². The van der Waals surface area contributed by atoms with E-state index in [0.717, 1.165) is 5.56 Å². The molecule has 0 unspecified atom stereocenters. The molecule has 2 rings (SSSR count). The first-order chi connectivity index (χ1) is 13.5. The number of benzene rings is 2. The van der Waals surface area contributed by atoms with E-state index in [9.17, 15) is 18.8 Å². The molecule has 2 aromatic carbocycles. The van der Waals surface area contributed by atoms with Crippen LogP contribution in [0.3, 0.4) is 0 Å². The molecule has 0 spiro atoms.